The number of carbonyl (C=O) groups excluding carboxylic acids is 1. The average molecular weight is 389 g/mol. The summed E-state index contributed by atoms with van der Waals surface area (Å²) in [7, 11) is 1.85. The van der Waals surface area contributed by atoms with Crippen molar-refractivity contribution in [2.45, 2.75) is 32.6 Å². The fourth-order valence-corrected chi connectivity index (χ4v) is 3.90. The van der Waals surface area contributed by atoms with Crippen LogP contribution in [0.4, 0.5) is 0 Å². The van der Waals surface area contributed by atoms with Crippen molar-refractivity contribution in [3.63, 3.8) is 0 Å². The Morgan fingerprint density at radius 3 is 2.66 bits per heavy atom. The third-order valence-corrected chi connectivity index (χ3v) is 5.47. The highest BCUT2D eigenvalue weighted by Gasteiger charge is 2.28. The summed E-state index contributed by atoms with van der Waals surface area (Å²) in [5, 5.41) is 4.75. The summed E-state index contributed by atoms with van der Waals surface area (Å²) in [5.74, 6) is 0.853. The minimum atomic E-state index is -0.00445. The maximum atomic E-state index is 13.1. The third kappa shape index (κ3) is 4.04. The van der Waals surface area contributed by atoms with Gasteiger partial charge in [0.05, 0.1) is 12.3 Å². The molecule has 0 atom stereocenters. The van der Waals surface area contributed by atoms with Crippen LogP contribution >= 0.6 is 0 Å². The fraction of sp³-hybridized carbons (Fsp3) is 0.333. The molecule has 1 amide bonds. The molecule has 0 unspecified atom stereocenters. The van der Waals surface area contributed by atoms with E-state index >= 15 is 0 Å². The van der Waals surface area contributed by atoms with E-state index in [0.717, 1.165) is 48.2 Å². The molecule has 0 bridgehead atoms. The number of amides is 1. The molecule has 0 N–H and O–H groups in total. The Hall–Kier alpha value is -3.08. The van der Waals surface area contributed by atoms with Crippen molar-refractivity contribution in [3.05, 3.63) is 77.1 Å². The zero-order valence-electron chi connectivity index (χ0n) is 17.1. The number of aryl methyl sites for hydroxylation is 1. The molecule has 1 heterocycles. The smallest absolute Gasteiger partial charge is 0.274 e. The first-order chi connectivity index (χ1) is 14.1. The SMILES string of the molecule is Cc1ccccc1-n1nc(C(=O)N(C)CCCOc2ccccc2)c2c1CCC2. The van der Waals surface area contributed by atoms with Crippen LogP contribution in [-0.4, -0.2) is 40.8 Å². The van der Waals surface area contributed by atoms with Gasteiger partial charge in [-0.25, -0.2) is 4.68 Å². The topological polar surface area (TPSA) is 47.4 Å². The first kappa shape index (κ1) is 19.2. The van der Waals surface area contributed by atoms with Crippen LogP contribution in [0, 0.1) is 6.92 Å². The molecule has 5 heteroatoms. The number of ether oxygens (including phenoxy) is 1. The highest BCUT2D eigenvalue weighted by atomic mass is 16.5. The van der Waals surface area contributed by atoms with Crippen molar-refractivity contribution in [1.82, 2.24) is 14.7 Å². The van der Waals surface area contributed by atoms with Gasteiger partial charge in [0.2, 0.25) is 0 Å². The first-order valence-electron chi connectivity index (χ1n) is 10.2. The predicted octanol–water partition coefficient (Wildman–Crippen LogP) is 4.21. The number of hydrogen-bond donors (Lipinski definition) is 0. The number of carbonyl (C=O) groups is 1. The van der Waals surface area contributed by atoms with E-state index in [1.165, 1.54) is 5.69 Å². The van der Waals surface area contributed by atoms with Gasteiger partial charge in [0.25, 0.3) is 5.91 Å². The summed E-state index contributed by atoms with van der Waals surface area (Å²) in [4.78, 5) is 14.9. The van der Waals surface area contributed by atoms with Crippen LogP contribution in [0.5, 0.6) is 5.75 Å². The number of aromatic nitrogens is 2. The summed E-state index contributed by atoms with van der Waals surface area (Å²) >= 11 is 0. The molecule has 0 radical (unpaired) electrons. The Bertz CT molecular complexity index is 995. The van der Waals surface area contributed by atoms with Gasteiger partial charge in [-0.2, -0.15) is 5.10 Å². The van der Waals surface area contributed by atoms with Crippen LogP contribution in [0.15, 0.2) is 54.6 Å². The maximum Gasteiger partial charge on any atom is 0.274 e. The van der Waals surface area contributed by atoms with Gasteiger partial charge in [0.1, 0.15) is 5.75 Å². The molecule has 0 spiro atoms. The van der Waals surface area contributed by atoms with Gasteiger partial charge in [-0.05, 0) is 56.4 Å². The van der Waals surface area contributed by atoms with Crippen LogP contribution in [0.1, 0.15) is 40.2 Å². The lowest BCUT2D eigenvalue weighted by Gasteiger charge is -2.16. The molecule has 2 aromatic carbocycles. The lowest BCUT2D eigenvalue weighted by molar-refractivity contribution is 0.0780. The quantitative estimate of drug-likeness (QED) is 0.569. The van der Waals surface area contributed by atoms with Crippen molar-refractivity contribution in [2.24, 2.45) is 0 Å². The normalized spacial score (nSPS) is 12.6. The number of fused-ring (bicyclic) bond motifs is 1. The fourth-order valence-electron chi connectivity index (χ4n) is 3.90. The number of nitrogens with zero attached hydrogens (tertiary/aromatic N) is 3. The summed E-state index contributed by atoms with van der Waals surface area (Å²) in [6.07, 6.45) is 3.75. The maximum absolute atomic E-state index is 13.1. The predicted molar refractivity (Wildman–Crippen MR) is 114 cm³/mol. The van der Waals surface area contributed by atoms with Crippen molar-refractivity contribution in [3.8, 4) is 11.4 Å². The highest BCUT2D eigenvalue weighted by molar-refractivity contribution is 5.94. The molecule has 3 aromatic rings. The Kier molecular flexibility index (Phi) is 5.65. The molecule has 1 aromatic heterocycles. The second kappa shape index (κ2) is 8.52. The van der Waals surface area contributed by atoms with E-state index in [0.29, 0.717) is 18.8 Å². The average Bonchev–Trinajstić information content (AvgIpc) is 3.35. The van der Waals surface area contributed by atoms with E-state index in [1.807, 2.05) is 54.2 Å². The van der Waals surface area contributed by atoms with Crippen molar-refractivity contribution < 1.29 is 9.53 Å². The van der Waals surface area contributed by atoms with Gasteiger partial charge >= 0.3 is 0 Å². The monoisotopic (exact) mass is 389 g/mol. The Labute approximate surface area is 171 Å². The standard InChI is InChI=1S/C24H27N3O2/c1-18-10-6-7-14-21(18)27-22-15-8-13-20(22)23(25-27)24(28)26(2)16-9-17-29-19-11-4-3-5-12-19/h3-7,10-12,14H,8-9,13,15-17H2,1-2H3. The van der Waals surface area contributed by atoms with Gasteiger partial charge in [-0.15, -0.1) is 0 Å². The molecule has 0 fully saturated rings. The molecular weight excluding hydrogens is 362 g/mol. The van der Waals surface area contributed by atoms with Crippen LogP contribution < -0.4 is 4.74 Å². The Balaban J connectivity index is 1.44. The lowest BCUT2D eigenvalue weighted by Crippen LogP contribution is -2.29. The van der Waals surface area contributed by atoms with Crippen LogP contribution in [0.3, 0.4) is 0 Å². The van der Waals surface area contributed by atoms with Crippen LogP contribution in [0.25, 0.3) is 5.69 Å². The molecule has 150 valence electrons. The summed E-state index contributed by atoms with van der Waals surface area (Å²) in [5.41, 5.74) is 5.13. The minimum Gasteiger partial charge on any atom is -0.494 e. The molecule has 1 aliphatic carbocycles. The van der Waals surface area contributed by atoms with E-state index in [1.54, 1.807) is 4.90 Å². The summed E-state index contributed by atoms with van der Waals surface area (Å²) in [6, 6.07) is 18.0. The van der Waals surface area contributed by atoms with Crippen LogP contribution in [0.2, 0.25) is 0 Å². The molecule has 4 rings (SSSR count). The zero-order chi connectivity index (χ0) is 20.2. The van der Waals surface area contributed by atoms with E-state index in [2.05, 4.69) is 19.1 Å². The molecule has 0 saturated carbocycles. The second-order valence-electron chi connectivity index (χ2n) is 7.57. The van der Waals surface area contributed by atoms with E-state index in [4.69, 9.17) is 9.84 Å². The number of hydrogen-bond acceptors (Lipinski definition) is 3. The lowest BCUT2D eigenvalue weighted by atomic mass is 10.1. The van der Waals surface area contributed by atoms with Gasteiger partial charge < -0.3 is 9.64 Å². The highest BCUT2D eigenvalue weighted by Crippen LogP contribution is 2.29. The number of rotatable bonds is 7. The molecule has 0 saturated heterocycles. The zero-order valence-corrected chi connectivity index (χ0v) is 17.1. The molecule has 29 heavy (non-hydrogen) atoms. The minimum absolute atomic E-state index is 0.00445. The first-order valence-corrected chi connectivity index (χ1v) is 10.2. The van der Waals surface area contributed by atoms with Crippen molar-refractivity contribution in [1.29, 1.82) is 0 Å². The summed E-state index contributed by atoms with van der Waals surface area (Å²) < 4.78 is 7.72. The van der Waals surface area contributed by atoms with Crippen molar-refractivity contribution >= 4 is 5.91 Å². The molecule has 1 aliphatic rings. The molecular formula is C24H27N3O2. The molecule has 5 nitrogen and oxygen atoms in total. The van der Waals surface area contributed by atoms with E-state index in [-0.39, 0.29) is 5.91 Å². The Morgan fingerprint density at radius 1 is 1.10 bits per heavy atom. The van der Waals surface area contributed by atoms with Gasteiger partial charge in [-0.1, -0.05) is 36.4 Å². The second-order valence-corrected chi connectivity index (χ2v) is 7.57. The number of benzene rings is 2. The van der Waals surface area contributed by atoms with Crippen molar-refractivity contribution in [2.75, 3.05) is 20.2 Å². The van der Waals surface area contributed by atoms with Gasteiger partial charge in [0.15, 0.2) is 5.69 Å². The van der Waals surface area contributed by atoms with E-state index in [9.17, 15) is 4.79 Å². The number of para-hydroxylation sites is 2. The summed E-state index contributed by atoms with van der Waals surface area (Å²) in [6.45, 7) is 3.30. The van der Waals surface area contributed by atoms with Gasteiger partial charge in [0, 0.05) is 24.8 Å². The van der Waals surface area contributed by atoms with Crippen LogP contribution in [-0.2, 0) is 12.8 Å². The van der Waals surface area contributed by atoms with E-state index < -0.39 is 0 Å². The third-order valence-electron chi connectivity index (χ3n) is 5.47. The van der Waals surface area contributed by atoms with Gasteiger partial charge in [-0.3, -0.25) is 4.79 Å². The Morgan fingerprint density at radius 2 is 1.86 bits per heavy atom. The largest absolute Gasteiger partial charge is 0.494 e. The molecule has 0 aliphatic heterocycles.